The number of anilines is 1. The van der Waals surface area contributed by atoms with Gasteiger partial charge in [-0.1, -0.05) is 30.3 Å². The van der Waals surface area contributed by atoms with E-state index in [1.165, 1.54) is 5.56 Å². The summed E-state index contributed by atoms with van der Waals surface area (Å²) in [5.41, 5.74) is 1.37. The molecule has 18 heavy (non-hydrogen) atoms. The fraction of sp³-hybridized carbons (Fsp3) is 0.333. The van der Waals surface area contributed by atoms with E-state index in [4.69, 9.17) is 0 Å². The van der Waals surface area contributed by atoms with Crippen LogP contribution in [-0.2, 0) is 6.42 Å². The molecule has 0 atom stereocenters. The summed E-state index contributed by atoms with van der Waals surface area (Å²) >= 11 is 0. The van der Waals surface area contributed by atoms with E-state index in [1.807, 2.05) is 18.2 Å². The lowest BCUT2D eigenvalue weighted by molar-refractivity contribution is 0.515. The molecule has 0 amide bonds. The lowest BCUT2D eigenvalue weighted by Crippen LogP contribution is -2.31. The largest absolute Gasteiger partial charge is 0.364 e. The molecule has 3 nitrogen and oxygen atoms in total. The van der Waals surface area contributed by atoms with Crippen molar-refractivity contribution in [3.63, 3.8) is 0 Å². The summed E-state index contributed by atoms with van der Waals surface area (Å²) in [6.45, 7) is 4.37. The van der Waals surface area contributed by atoms with Crippen molar-refractivity contribution in [3.05, 3.63) is 54.2 Å². The molecule has 3 heteroatoms. The Bertz CT molecular complexity index is 466. The first-order valence-corrected chi connectivity index (χ1v) is 6.25. The molecule has 0 radical (unpaired) electrons. The molecule has 1 heterocycles. The number of nitrogens with zero attached hydrogens (tertiary/aromatic N) is 2. The Hall–Kier alpha value is -1.90. The van der Waals surface area contributed by atoms with Gasteiger partial charge in [-0.25, -0.2) is 0 Å². The van der Waals surface area contributed by atoms with E-state index in [9.17, 15) is 0 Å². The number of rotatable bonds is 5. The molecular formula is C15H19N3. The first-order chi connectivity index (χ1) is 8.66. The third-order valence-corrected chi connectivity index (χ3v) is 2.92. The summed E-state index contributed by atoms with van der Waals surface area (Å²) < 4.78 is 0. The van der Waals surface area contributed by atoms with Crippen molar-refractivity contribution in [1.82, 2.24) is 10.2 Å². The van der Waals surface area contributed by atoms with Gasteiger partial charge < -0.3 is 5.32 Å². The molecule has 0 unspecified atom stereocenters. The first kappa shape index (κ1) is 12.6. The minimum absolute atomic E-state index is 0.00583. The lowest BCUT2D eigenvalue weighted by atomic mass is 9.95. The molecular weight excluding hydrogens is 222 g/mol. The van der Waals surface area contributed by atoms with Gasteiger partial charge in [0.15, 0.2) is 0 Å². The Balaban J connectivity index is 1.91. The van der Waals surface area contributed by atoms with Crippen molar-refractivity contribution in [2.24, 2.45) is 0 Å². The van der Waals surface area contributed by atoms with Crippen molar-refractivity contribution in [2.45, 2.75) is 32.2 Å². The van der Waals surface area contributed by atoms with Crippen molar-refractivity contribution < 1.29 is 0 Å². The zero-order chi connectivity index (χ0) is 12.8. The second kappa shape index (κ2) is 5.63. The zero-order valence-corrected chi connectivity index (χ0v) is 10.9. The van der Waals surface area contributed by atoms with Gasteiger partial charge in [0.2, 0.25) is 0 Å². The van der Waals surface area contributed by atoms with Crippen LogP contribution in [0.1, 0.15) is 25.8 Å². The minimum Gasteiger partial charge on any atom is -0.364 e. The predicted molar refractivity (Wildman–Crippen MR) is 74.5 cm³/mol. The number of hydrogen-bond donors (Lipinski definition) is 1. The van der Waals surface area contributed by atoms with Crippen LogP contribution in [0.25, 0.3) is 0 Å². The van der Waals surface area contributed by atoms with E-state index in [2.05, 4.69) is 53.6 Å². The Kier molecular flexibility index (Phi) is 3.92. The van der Waals surface area contributed by atoms with E-state index in [0.29, 0.717) is 0 Å². The standard InChI is InChI=1S/C15H19N3/c1-15(2,17-14-9-6-12-16-18-14)11-10-13-7-4-3-5-8-13/h3-9,12H,10-11H2,1-2H3,(H,17,18). The van der Waals surface area contributed by atoms with Crippen LogP contribution in [-0.4, -0.2) is 15.7 Å². The van der Waals surface area contributed by atoms with Crippen molar-refractivity contribution in [2.75, 3.05) is 5.32 Å². The summed E-state index contributed by atoms with van der Waals surface area (Å²) in [5, 5.41) is 11.3. The summed E-state index contributed by atoms with van der Waals surface area (Å²) in [7, 11) is 0. The SMILES string of the molecule is CC(C)(CCc1ccccc1)Nc1cccnn1. The van der Waals surface area contributed by atoms with Crippen LogP contribution in [0.15, 0.2) is 48.7 Å². The highest BCUT2D eigenvalue weighted by Crippen LogP contribution is 2.18. The third-order valence-electron chi connectivity index (χ3n) is 2.92. The molecule has 2 aromatic rings. The number of hydrogen-bond acceptors (Lipinski definition) is 3. The molecule has 1 N–H and O–H groups in total. The van der Waals surface area contributed by atoms with Crippen LogP contribution in [0.3, 0.4) is 0 Å². The molecule has 1 aromatic carbocycles. The molecule has 0 saturated carbocycles. The Morgan fingerprint density at radius 3 is 2.50 bits per heavy atom. The maximum absolute atomic E-state index is 4.06. The van der Waals surface area contributed by atoms with E-state index >= 15 is 0 Å². The molecule has 94 valence electrons. The smallest absolute Gasteiger partial charge is 0.149 e. The van der Waals surface area contributed by atoms with Crippen LogP contribution < -0.4 is 5.32 Å². The second-order valence-corrected chi connectivity index (χ2v) is 5.10. The predicted octanol–water partition coefficient (Wildman–Crippen LogP) is 3.30. The highest BCUT2D eigenvalue weighted by molar-refractivity contribution is 5.35. The van der Waals surface area contributed by atoms with Gasteiger partial charge in [-0.3, -0.25) is 0 Å². The monoisotopic (exact) mass is 241 g/mol. The van der Waals surface area contributed by atoms with Gasteiger partial charge in [0.05, 0.1) is 0 Å². The van der Waals surface area contributed by atoms with Gasteiger partial charge >= 0.3 is 0 Å². The van der Waals surface area contributed by atoms with Crippen LogP contribution in [0.5, 0.6) is 0 Å². The Morgan fingerprint density at radius 1 is 1.06 bits per heavy atom. The second-order valence-electron chi connectivity index (χ2n) is 5.10. The van der Waals surface area contributed by atoms with Crippen LogP contribution in [0.2, 0.25) is 0 Å². The molecule has 0 fully saturated rings. The summed E-state index contributed by atoms with van der Waals surface area (Å²) in [6, 6.07) is 14.4. The van der Waals surface area contributed by atoms with Crippen molar-refractivity contribution in [1.29, 1.82) is 0 Å². The van der Waals surface area contributed by atoms with E-state index in [-0.39, 0.29) is 5.54 Å². The number of aryl methyl sites for hydroxylation is 1. The molecule has 0 bridgehead atoms. The summed E-state index contributed by atoms with van der Waals surface area (Å²) in [4.78, 5) is 0. The molecule has 2 rings (SSSR count). The topological polar surface area (TPSA) is 37.8 Å². The first-order valence-electron chi connectivity index (χ1n) is 6.25. The normalized spacial score (nSPS) is 11.2. The summed E-state index contributed by atoms with van der Waals surface area (Å²) in [5.74, 6) is 0.829. The lowest BCUT2D eigenvalue weighted by Gasteiger charge is -2.26. The van der Waals surface area contributed by atoms with Gasteiger partial charge in [0, 0.05) is 11.7 Å². The Labute approximate surface area is 108 Å². The van der Waals surface area contributed by atoms with Crippen LogP contribution in [0.4, 0.5) is 5.82 Å². The number of nitrogens with one attached hydrogen (secondary N) is 1. The molecule has 0 saturated heterocycles. The van der Waals surface area contributed by atoms with Gasteiger partial charge in [-0.2, -0.15) is 5.10 Å². The summed E-state index contributed by atoms with van der Waals surface area (Å²) in [6.07, 6.45) is 3.79. The fourth-order valence-electron chi connectivity index (χ4n) is 1.88. The molecule has 0 aliphatic carbocycles. The molecule has 0 spiro atoms. The van der Waals surface area contributed by atoms with Crippen LogP contribution in [0, 0.1) is 0 Å². The molecule has 0 aliphatic heterocycles. The van der Waals surface area contributed by atoms with Gasteiger partial charge in [0.1, 0.15) is 5.82 Å². The number of benzene rings is 1. The fourth-order valence-corrected chi connectivity index (χ4v) is 1.88. The van der Waals surface area contributed by atoms with E-state index in [0.717, 1.165) is 18.7 Å². The maximum atomic E-state index is 4.06. The number of aromatic nitrogens is 2. The van der Waals surface area contributed by atoms with Crippen LogP contribution >= 0.6 is 0 Å². The van der Waals surface area contributed by atoms with E-state index in [1.54, 1.807) is 6.20 Å². The third kappa shape index (κ3) is 3.84. The average Bonchev–Trinajstić information content (AvgIpc) is 2.38. The Morgan fingerprint density at radius 2 is 1.83 bits per heavy atom. The molecule has 0 aliphatic rings. The minimum atomic E-state index is 0.00583. The van der Waals surface area contributed by atoms with E-state index < -0.39 is 0 Å². The van der Waals surface area contributed by atoms with Crippen molar-refractivity contribution in [3.8, 4) is 0 Å². The van der Waals surface area contributed by atoms with Crippen molar-refractivity contribution >= 4 is 5.82 Å². The van der Waals surface area contributed by atoms with Gasteiger partial charge in [0.25, 0.3) is 0 Å². The average molecular weight is 241 g/mol. The van der Waals surface area contributed by atoms with Gasteiger partial charge in [-0.05, 0) is 44.4 Å². The van der Waals surface area contributed by atoms with Gasteiger partial charge in [-0.15, -0.1) is 5.10 Å². The highest BCUT2D eigenvalue weighted by Gasteiger charge is 2.17. The zero-order valence-electron chi connectivity index (χ0n) is 10.9. The molecule has 1 aromatic heterocycles. The highest BCUT2D eigenvalue weighted by atomic mass is 15.2. The quantitative estimate of drug-likeness (QED) is 0.872. The maximum Gasteiger partial charge on any atom is 0.149 e.